The van der Waals surface area contributed by atoms with Crippen molar-refractivity contribution in [1.29, 1.82) is 0 Å². The maximum absolute atomic E-state index is 13.1. The van der Waals surface area contributed by atoms with Crippen molar-refractivity contribution in [3.05, 3.63) is 134 Å². The number of hydrogen-bond acceptors (Lipinski definition) is 15. The molecule has 3 N–H and O–H groups in total. The molecule has 0 aromatic heterocycles. The summed E-state index contributed by atoms with van der Waals surface area (Å²) >= 11 is 0. The Morgan fingerprint density at radius 3 is 0.843 bits per heavy atom. The molecule has 0 amide bonds. The molecule has 0 aliphatic heterocycles. The summed E-state index contributed by atoms with van der Waals surface area (Å²) < 4.78 is 68.5. The SMILES string of the molecule is CC/C=C\C/C=C\C/C=C\C/C=C\C/C=C\CCCCCC(=O)OCC(COP(=O)(O)OCC(O)COP(=O)(O)OCC(COC(=O)CCCCCCC/C=C\C/C=C\C/C=C\CC)OC(=O)CCCCCCC/C=C\CCCCCCCC)OC(=O)CCCCCCC/C=C\C/C=C\CCC. The highest BCUT2D eigenvalue weighted by molar-refractivity contribution is 7.47. The Bertz CT molecular complexity index is 2460. The number of carbonyl (C=O) groups is 4. The molecule has 0 spiro atoms. The van der Waals surface area contributed by atoms with Gasteiger partial charge >= 0.3 is 39.5 Å². The number of rotatable bonds is 73. The van der Waals surface area contributed by atoms with Gasteiger partial charge in [-0.1, -0.05) is 264 Å². The molecule has 19 heteroatoms. The normalized spacial score (nSPS) is 14.6. The number of aliphatic hydroxyl groups excluding tert-OH is 1. The minimum absolute atomic E-state index is 0.0674. The van der Waals surface area contributed by atoms with Crippen LogP contribution in [0.3, 0.4) is 0 Å². The van der Waals surface area contributed by atoms with E-state index in [0.717, 1.165) is 193 Å². The van der Waals surface area contributed by atoms with Gasteiger partial charge in [-0.2, -0.15) is 0 Å². The topological polar surface area (TPSA) is 237 Å². The van der Waals surface area contributed by atoms with Crippen molar-refractivity contribution in [2.45, 2.75) is 329 Å². The lowest BCUT2D eigenvalue weighted by Gasteiger charge is -2.21. The van der Waals surface area contributed by atoms with Crippen LogP contribution in [-0.2, 0) is 65.4 Å². The predicted molar refractivity (Wildman–Crippen MR) is 418 cm³/mol. The summed E-state index contributed by atoms with van der Waals surface area (Å²) in [5, 5.41) is 10.6. The van der Waals surface area contributed by atoms with Gasteiger partial charge in [-0.05, 0) is 154 Å². The van der Waals surface area contributed by atoms with Gasteiger partial charge in [0.2, 0.25) is 0 Å². The lowest BCUT2D eigenvalue weighted by molar-refractivity contribution is -0.161. The maximum Gasteiger partial charge on any atom is 0.472 e. The number of phosphoric acid groups is 2. The van der Waals surface area contributed by atoms with Crippen LogP contribution in [-0.4, -0.2) is 96.7 Å². The fraction of sp³-hybridized carbons (Fsp3) is 0.687. The van der Waals surface area contributed by atoms with Crippen molar-refractivity contribution in [2.24, 2.45) is 0 Å². The van der Waals surface area contributed by atoms with Crippen LogP contribution in [0.1, 0.15) is 310 Å². The highest BCUT2D eigenvalue weighted by atomic mass is 31.2. The lowest BCUT2D eigenvalue weighted by atomic mass is 10.1. The number of allylic oxidation sites excluding steroid dienone is 22. The van der Waals surface area contributed by atoms with E-state index in [1.54, 1.807) is 0 Å². The molecule has 0 aromatic carbocycles. The summed E-state index contributed by atoms with van der Waals surface area (Å²) in [6, 6.07) is 0. The summed E-state index contributed by atoms with van der Waals surface area (Å²) in [6.07, 6.45) is 82.9. The summed E-state index contributed by atoms with van der Waals surface area (Å²) in [7, 11) is -9.98. The van der Waals surface area contributed by atoms with E-state index in [0.29, 0.717) is 25.7 Å². The van der Waals surface area contributed by atoms with Gasteiger partial charge in [-0.15, -0.1) is 0 Å². The van der Waals surface area contributed by atoms with Crippen molar-refractivity contribution in [1.82, 2.24) is 0 Å². The van der Waals surface area contributed by atoms with Gasteiger partial charge < -0.3 is 33.8 Å². The van der Waals surface area contributed by atoms with Crippen molar-refractivity contribution in [3.8, 4) is 0 Å². The van der Waals surface area contributed by atoms with E-state index in [1.807, 2.05) is 0 Å². The zero-order valence-electron chi connectivity index (χ0n) is 63.7. The van der Waals surface area contributed by atoms with E-state index in [1.165, 1.54) is 38.5 Å². The van der Waals surface area contributed by atoms with Crippen LogP contribution in [0.5, 0.6) is 0 Å². The molecule has 0 saturated heterocycles. The van der Waals surface area contributed by atoms with E-state index in [2.05, 4.69) is 161 Å². The molecule has 0 aliphatic carbocycles. The summed E-state index contributed by atoms with van der Waals surface area (Å²) in [5.74, 6) is -2.25. The number of hydrogen-bond donors (Lipinski definition) is 3. The van der Waals surface area contributed by atoms with Crippen LogP contribution in [0.25, 0.3) is 0 Å². The monoisotopic (exact) mass is 1470 g/mol. The number of unbranched alkanes of at least 4 members (excludes halogenated alkanes) is 25. The summed E-state index contributed by atoms with van der Waals surface area (Å²) in [4.78, 5) is 73.0. The molecule has 0 rings (SSSR count). The molecule has 17 nitrogen and oxygen atoms in total. The Hall–Kier alpha value is -4.80. The Morgan fingerprint density at radius 2 is 0.529 bits per heavy atom. The van der Waals surface area contributed by atoms with E-state index >= 15 is 0 Å². The molecule has 0 heterocycles. The highest BCUT2D eigenvalue weighted by Crippen LogP contribution is 2.45. The van der Waals surface area contributed by atoms with Crippen molar-refractivity contribution >= 4 is 39.5 Å². The molecule has 0 saturated carbocycles. The minimum Gasteiger partial charge on any atom is -0.462 e. The standard InChI is InChI=1S/C83H140O17P2/c1-5-9-13-17-21-25-29-33-36-37-38-39-42-45-48-52-56-60-64-68-81(86)94-73-78(99-82(87)69-65-61-57-53-49-43-32-28-24-20-16-12-8-4)75-97-101(89,90)95-71-77(84)72-96-102(91,92)98-76-79(100-83(88)70-66-62-58-54-50-46-41-35-31-27-23-19-15-11-7-3)74-93-80(85)67-63-59-55-51-47-44-40-34-30-26-22-18-14-10-6-2/h9-10,13-14,16,20-22,25-26,28,32-36,38-41,45,48,77-79,84H,5-8,11-12,15,17-19,23-24,27,29-31,37,42-44,46-47,49-76H2,1-4H3,(H,89,90)(H,91,92)/b13-9-,14-10-,20-16-,25-21-,26-22-,32-28-,36-33-,39-38-,40-34-,41-35-,48-45-. The van der Waals surface area contributed by atoms with E-state index in [-0.39, 0.29) is 25.7 Å². The Labute approximate surface area is 618 Å². The third-order valence-corrected chi connectivity index (χ3v) is 18.0. The third-order valence-electron chi connectivity index (χ3n) is 16.1. The molecule has 0 aromatic rings. The van der Waals surface area contributed by atoms with Gasteiger partial charge in [0.1, 0.15) is 19.3 Å². The molecule has 0 bridgehead atoms. The smallest absolute Gasteiger partial charge is 0.462 e. The largest absolute Gasteiger partial charge is 0.472 e. The maximum atomic E-state index is 13.1. The first-order valence-electron chi connectivity index (χ1n) is 39.4. The minimum atomic E-state index is -4.99. The molecular formula is C83H140O17P2. The van der Waals surface area contributed by atoms with Crippen molar-refractivity contribution in [3.63, 3.8) is 0 Å². The van der Waals surface area contributed by atoms with E-state index < -0.39 is 97.5 Å². The first-order valence-corrected chi connectivity index (χ1v) is 42.4. The van der Waals surface area contributed by atoms with Crippen LogP contribution in [0.4, 0.5) is 0 Å². The lowest BCUT2D eigenvalue weighted by Crippen LogP contribution is -2.30. The average molecular weight is 1470 g/mol. The molecule has 584 valence electrons. The van der Waals surface area contributed by atoms with Crippen molar-refractivity contribution < 1.29 is 80.2 Å². The van der Waals surface area contributed by atoms with Crippen LogP contribution in [0, 0.1) is 0 Å². The second kappa shape index (κ2) is 74.5. The summed E-state index contributed by atoms with van der Waals surface area (Å²) in [5.41, 5.74) is 0. The third kappa shape index (κ3) is 73.5. The first-order chi connectivity index (χ1) is 49.7. The van der Waals surface area contributed by atoms with Gasteiger partial charge in [-0.3, -0.25) is 37.3 Å². The number of esters is 4. The van der Waals surface area contributed by atoms with Crippen LogP contribution >= 0.6 is 15.6 Å². The Balaban J connectivity index is 5.40. The van der Waals surface area contributed by atoms with E-state index in [9.17, 15) is 43.2 Å². The quantitative estimate of drug-likeness (QED) is 0.0169. The zero-order chi connectivity index (χ0) is 74.6. The van der Waals surface area contributed by atoms with Gasteiger partial charge in [-0.25, -0.2) is 9.13 Å². The Morgan fingerprint density at radius 1 is 0.284 bits per heavy atom. The van der Waals surface area contributed by atoms with E-state index in [4.69, 9.17) is 37.0 Å². The van der Waals surface area contributed by atoms with Gasteiger partial charge in [0.25, 0.3) is 0 Å². The molecule has 0 fully saturated rings. The fourth-order valence-electron chi connectivity index (χ4n) is 10.1. The molecule has 0 radical (unpaired) electrons. The molecule has 0 aliphatic rings. The fourth-order valence-corrected chi connectivity index (χ4v) is 11.7. The van der Waals surface area contributed by atoms with Gasteiger partial charge in [0.15, 0.2) is 12.2 Å². The summed E-state index contributed by atoms with van der Waals surface area (Å²) in [6.45, 7) is 4.50. The van der Waals surface area contributed by atoms with Crippen LogP contribution in [0.15, 0.2) is 134 Å². The first kappa shape index (κ1) is 97.2. The van der Waals surface area contributed by atoms with Crippen LogP contribution < -0.4 is 0 Å². The highest BCUT2D eigenvalue weighted by Gasteiger charge is 2.30. The van der Waals surface area contributed by atoms with Crippen LogP contribution in [0.2, 0.25) is 0 Å². The second-order valence-electron chi connectivity index (χ2n) is 25.9. The molecule has 5 atom stereocenters. The Kier molecular flexibility index (Phi) is 71.0. The number of carbonyl (C=O) groups excluding carboxylic acids is 4. The molecular weight excluding hydrogens is 1330 g/mol. The van der Waals surface area contributed by atoms with Gasteiger partial charge in [0.05, 0.1) is 26.4 Å². The number of aliphatic hydroxyl groups is 1. The molecule has 5 unspecified atom stereocenters. The number of ether oxygens (including phenoxy) is 4. The zero-order valence-corrected chi connectivity index (χ0v) is 65.5. The molecule has 102 heavy (non-hydrogen) atoms. The van der Waals surface area contributed by atoms with Crippen molar-refractivity contribution in [2.75, 3.05) is 39.6 Å². The second-order valence-corrected chi connectivity index (χ2v) is 28.8. The predicted octanol–water partition coefficient (Wildman–Crippen LogP) is 22.9. The average Bonchev–Trinajstić information content (AvgIpc) is 0.908. The van der Waals surface area contributed by atoms with Gasteiger partial charge in [0, 0.05) is 25.7 Å². The number of phosphoric ester groups is 2.